The number of rotatable bonds is 5. The lowest BCUT2D eigenvalue weighted by Crippen LogP contribution is -2.11. The molecule has 0 saturated heterocycles. The summed E-state index contributed by atoms with van der Waals surface area (Å²) in [6.07, 6.45) is 1.15. The molecule has 0 bridgehead atoms. The van der Waals surface area contributed by atoms with Gasteiger partial charge in [0.25, 0.3) is 17.8 Å². The van der Waals surface area contributed by atoms with Gasteiger partial charge in [-0.15, -0.1) is 0 Å². The fraction of sp³-hybridized carbons (Fsp3) is 0. The van der Waals surface area contributed by atoms with E-state index >= 15 is 0 Å². The van der Waals surface area contributed by atoms with Gasteiger partial charge in [-0.2, -0.15) is 27.6 Å². The van der Waals surface area contributed by atoms with E-state index in [1.807, 2.05) is 5.43 Å². The Morgan fingerprint density at radius 3 is 2.31 bits per heavy atom. The number of pyridine rings is 1. The molecule has 0 aliphatic rings. The summed E-state index contributed by atoms with van der Waals surface area (Å²) < 4.78 is 53.2. The highest BCUT2D eigenvalue weighted by Gasteiger charge is 2.20. The molecule has 0 radical (unpaired) electrons. The molecule has 0 unspecified atom stereocenters. The summed E-state index contributed by atoms with van der Waals surface area (Å²) in [6, 6.07) is 12.6. The van der Waals surface area contributed by atoms with Crippen molar-refractivity contribution >= 4 is 35.1 Å². The second-order valence-corrected chi connectivity index (χ2v) is 6.09. The normalized spacial score (nSPS) is 10.9. The van der Waals surface area contributed by atoms with E-state index in [2.05, 4.69) is 15.4 Å². The lowest BCUT2D eigenvalue weighted by Gasteiger charge is -2.07. The third-order valence-corrected chi connectivity index (χ3v) is 3.89. The van der Waals surface area contributed by atoms with Crippen molar-refractivity contribution in [3.05, 3.63) is 88.2 Å². The van der Waals surface area contributed by atoms with Crippen molar-refractivity contribution in [1.82, 2.24) is 4.98 Å². The molecule has 5 nitrogen and oxygen atoms in total. The van der Waals surface area contributed by atoms with E-state index in [4.69, 9.17) is 11.6 Å². The van der Waals surface area contributed by atoms with E-state index in [1.54, 1.807) is 42.5 Å². The number of hydrogen-bond donors (Lipinski definition) is 2. The second-order valence-electron chi connectivity index (χ2n) is 5.65. The Bertz CT molecular complexity index is 1060. The third-order valence-electron chi connectivity index (χ3n) is 3.64. The molecular formula is C19H11ClF4N4O. The molecule has 29 heavy (non-hydrogen) atoms. The van der Waals surface area contributed by atoms with Crippen molar-refractivity contribution in [1.29, 1.82) is 0 Å². The number of hydrogen-bond acceptors (Lipinski definition) is 4. The summed E-state index contributed by atoms with van der Waals surface area (Å²) in [5.74, 6) is -7.38. The number of hydrazone groups is 1. The molecule has 1 aromatic heterocycles. The van der Waals surface area contributed by atoms with Crippen molar-refractivity contribution < 1.29 is 22.4 Å². The minimum Gasteiger partial charge on any atom is -0.322 e. The summed E-state index contributed by atoms with van der Waals surface area (Å²) in [5, 5.41) is 6.72. The average molecular weight is 423 g/mol. The second kappa shape index (κ2) is 8.70. The quantitative estimate of drug-likeness (QED) is 0.263. The lowest BCUT2D eigenvalue weighted by molar-refractivity contribution is 0.102. The van der Waals surface area contributed by atoms with Crippen LogP contribution < -0.4 is 10.7 Å². The minimum absolute atomic E-state index is 0.374. The van der Waals surface area contributed by atoms with Crippen LogP contribution >= 0.6 is 11.6 Å². The Labute approximate surface area is 167 Å². The maximum atomic E-state index is 13.5. The highest BCUT2D eigenvalue weighted by atomic mass is 35.5. The van der Waals surface area contributed by atoms with Gasteiger partial charge in [0, 0.05) is 16.3 Å². The number of anilines is 2. The Morgan fingerprint density at radius 1 is 1.00 bits per heavy atom. The number of nitrogens with one attached hydrogen (secondary N) is 2. The number of carbonyl (C=O) groups is 1. The van der Waals surface area contributed by atoms with Gasteiger partial charge in [0.05, 0.1) is 6.21 Å². The van der Waals surface area contributed by atoms with Crippen LogP contribution in [0.5, 0.6) is 0 Å². The zero-order valence-corrected chi connectivity index (χ0v) is 15.1. The minimum atomic E-state index is -1.80. The first-order valence-electron chi connectivity index (χ1n) is 8.01. The van der Waals surface area contributed by atoms with Crippen LogP contribution in [0.25, 0.3) is 0 Å². The van der Waals surface area contributed by atoms with Gasteiger partial charge in [-0.05, 0) is 42.0 Å². The SMILES string of the molecule is O=C(Nc1cccc(/C=N/Nc2c(F)c(F)nc(F)c2F)c1)c1ccc(Cl)cc1. The van der Waals surface area contributed by atoms with Crippen molar-refractivity contribution in [3.8, 4) is 0 Å². The van der Waals surface area contributed by atoms with E-state index in [0.717, 1.165) is 6.21 Å². The van der Waals surface area contributed by atoms with Crippen molar-refractivity contribution in [3.63, 3.8) is 0 Å². The molecule has 148 valence electrons. The van der Waals surface area contributed by atoms with Crippen LogP contribution in [-0.2, 0) is 0 Å². The summed E-state index contributed by atoms with van der Waals surface area (Å²) in [4.78, 5) is 14.7. The molecular weight excluding hydrogens is 412 g/mol. The number of aromatic nitrogens is 1. The van der Waals surface area contributed by atoms with Gasteiger partial charge >= 0.3 is 0 Å². The van der Waals surface area contributed by atoms with Gasteiger partial charge in [-0.3, -0.25) is 10.2 Å². The van der Waals surface area contributed by atoms with E-state index in [9.17, 15) is 22.4 Å². The zero-order chi connectivity index (χ0) is 21.0. The van der Waals surface area contributed by atoms with Crippen LogP contribution in [0, 0.1) is 23.5 Å². The number of halogens is 5. The molecule has 0 saturated carbocycles. The molecule has 2 N–H and O–H groups in total. The van der Waals surface area contributed by atoms with Crippen LogP contribution in [0.3, 0.4) is 0 Å². The Kier molecular flexibility index (Phi) is 6.08. The van der Waals surface area contributed by atoms with Crippen LogP contribution in [0.1, 0.15) is 15.9 Å². The first-order chi connectivity index (χ1) is 13.8. The predicted molar refractivity (Wildman–Crippen MR) is 101 cm³/mol. The molecule has 1 heterocycles. The highest BCUT2D eigenvalue weighted by molar-refractivity contribution is 6.30. The molecule has 10 heteroatoms. The van der Waals surface area contributed by atoms with Gasteiger partial charge in [0.1, 0.15) is 5.69 Å². The number of benzene rings is 2. The summed E-state index contributed by atoms with van der Waals surface area (Å²) in [5.41, 5.74) is 2.04. The Morgan fingerprint density at radius 2 is 1.66 bits per heavy atom. The number of carbonyl (C=O) groups excluding carboxylic acids is 1. The molecule has 3 rings (SSSR count). The maximum absolute atomic E-state index is 13.5. The van der Waals surface area contributed by atoms with E-state index < -0.39 is 29.2 Å². The largest absolute Gasteiger partial charge is 0.322 e. The van der Waals surface area contributed by atoms with Gasteiger partial charge in [-0.1, -0.05) is 23.7 Å². The van der Waals surface area contributed by atoms with E-state index in [1.165, 1.54) is 6.07 Å². The number of amides is 1. The lowest BCUT2D eigenvalue weighted by atomic mass is 10.2. The van der Waals surface area contributed by atoms with Crippen molar-refractivity contribution in [2.24, 2.45) is 5.10 Å². The molecule has 0 aliphatic heterocycles. The fourth-order valence-corrected chi connectivity index (χ4v) is 2.38. The zero-order valence-electron chi connectivity index (χ0n) is 14.4. The van der Waals surface area contributed by atoms with Crippen molar-refractivity contribution in [2.75, 3.05) is 10.7 Å². The summed E-state index contributed by atoms with van der Waals surface area (Å²) in [6.45, 7) is 0. The molecule has 1 amide bonds. The van der Waals surface area contributed by atoms with Gasteiger partial charge in [0.2, 0.25) is 11.6 Å². The highest BCUT2D eigenvalue weighted by Crippen LogP contribution is 2.22. The Hall–Kier alpha value is -3.46. The third kappa shape index (κ3) is 4.88. The van der Waals surface area contributed by atoms with Gasteiger partial charge < -0.3 is 5.32 Å². The summed E-state index contributed by atoms with van der Waals surface area (Å²) >= 11 is 5.78. The first kappa shape index (κ1) is 20.3. The predicted octanol–water partition coefficient (Wildman–Crippen LogP) is 4.99. The average Bonchev–Trinajstić information content (AvgIpc) is 2.70. The van der Waals surface area contributed by atoms with Gasteiger partial charge in [-0.25, -0.2) is 0 Å². The molecule has 0 fully saturated rings. The van der Waals surface area contributed by atoms with Crippen molar-refractivity contribution in [2.45, 2.75) is 0 Å². The van der Waals surface area contributed by atoms with Crippen LogP contribution in [0.4, 0.5) is 28.9 Å². The molecule has 0 aliphatic carbocycles. The maximum Gasteiger partial charge on any atom is 0.255 e. The van der Waals surface area contributed by atoms with E-state index in [-0.39, 0.29) is 5.91 Å². The topological polar surface area (TPSA) is 66.4 Å². The first-order valence-corrected chi connectivity index (χ1v) is 8.39. The molecule has 0 spiro atoms. The van der Waals surface area contributed by atoms with Crippen LogP contribution in [0.15, 0.2) is 53.6 Å². The van der Waals surface area contributed by atoms with Gasteiger partial charge in [0.15, 0.2) is 0 Å². The smallest absolute Gasteiger partial charge is 0.255 e. The number of nitrogens with zero attached hydrogens (tertiary/aromatic N) is 2. The molecule has 2 aromatic carbocycles. The Balaban J connectivity index is 1.72. The van der Waals surface area contributed by atoms with Crippen LogP contribution in [0.2, 0.25) is 5.02 Å². The monoisotopic (exact) mass is 422 g/mol. The fourth-order valence-electron chi connectivity index (χ4n) is 2.26. The molecule has 3 aromatic rings. The standard InChI is InChI=1S/C19H11ClF4N4O/c20-12-6-4-11(5-7-12)19(29)26-13-3-1-2-10(8-13)9-25-28-16-14(21)17(23)27-18(24)15(16)22/h1-9H,(H,26,29)(H,27,28)/b25-9+. The van der Waals surface area contributed by atoms with E-state index in [0.29, 0.717) is 21.8 Å². The molecule has 0 atom stereocenters. The van der Waals surface area contributed by atoms with Crippen LogP contribution in [-0.4, -0.2) is 17.1 Å². The summed E-state index contributed by atoms with van der Waals surface area (Å²) in [7, 11) is 0.